The van der Waals surface area contributed by atoms with Gasteiger partial charge >= 0.3 is 0 Å². The van der Waals surface area contributed by atoms with Crippen LogP contribution in [0.25, 0.3) is 0 Å². The van der Waals surface area contributed by atoms with Gasteiger partial charge in [-0.05, 0) is 37.2 Å². The van der Waals surface area contributed by atoms with Gasteiger partial charge < -0.3 is 11.1 Å². The number of nitrogens with one attached hydrogen (secondary N) is 1. The SMILES string of the molecule is CN.c1cc2c(cn1)CNCC2. The summed E-state index contributed by atoms with van der Waals surface area (Å²) in [6.45, 7) is 2.10. The Hall–Kier alpha value is -0.930. The lowest BCUT2D eigenvalue weighted by Crippen LogP contribution is -2.23. The molecule has 0 unspecified atom stereocenters. The molecule has 0 spiro atoms. The van der Waals surface area contributed by atoms with Crippen molar-refractivity contribution in [2.45, 2.75) is 13.0 Å². The maximum Gasteiger partial charge on any atom is 0.0315 e. The van der Waals surface area contributed by atoms with Gasteiger partial charge in [-0.2, -0.15) is 0 Å². The fraction of sp³-hybridized carbons (Fsp3) is 0.444. The number of rotatable bonds is 0. The van der Waals surface area contributed by atoms with Gasteiger partial charge in [0.25, 0.3) is 0 Å². The average molecular weight is 165 g/mol. The highest BCUT2D eigenvalue weighted by molar-refractivity contribution is 5.25. The first-order valence-electron chi connectivity index (χ1n) is 4.17. The Balaban J connectivity index is 0.000000336. The monoisotopic (exact) mass is 165 g/mol. The van der Waals surface area contributed by atoms with Crippen molar-refractivity contribution in [1.29, 1.82) is 0 Å². The van der Waals surface area contributed by atoms with Crippen LogP contribution < -0.4 is 11.1 Å². The first-order chi connectivity index (χ1) is 5.97. The van der Waals surface area contributed by atoms with E-state index in [-0.39, 0.29) is 0 Å². The van der Waals surface area contributed by atoms with E-state index in [0.717, 1.165) is 19.5 Å². The van der Waals surface area contributed by atoms with Gasteiger partial charge in [-0.1, -0.05) is 0 Å². The molecule has 0 fully saturated rings. The molecule has 1 aliphatic rings. The zero-order chi connectivity index (χ0) is 8.81. The number of nitrogens with two attached hydrogens (primary N) is 1. The van der Waals surface area contributed by atoms with Crippen molar-refractivity contribution >= 4 is 0 Å². The van der Waals surface area contributed by atoms with Gasteiger partial charge in [0.1, 0.15) is 0 Å². The molecule has 0 amide bonds. The molecule has 1 aliphatic heterocycles. The van der Waals surface area contributed by atoms with Crippen LogP contribution in [0.1, 0.15) is 11.1 Å². The molecule has 3 heteroatoms. The molecule has 0 aliphatic carbocycles. The van der Waals surface area contributed by atoms with E-state index in [1.54, 1.807) is 0 Å². The number of hydrogen-bond acceptors (Lipinski definition) is 3. The molecule has 66 valence electrons. The van der Waals surface area contributed by atoms with E-state index in [9.17, 15) is 0 Å². The lowest BCUT2D eigenvalue weighted by atomic mass is 10.0. The van der Waals surface area contributed by atoms with E-state index in [4.69, 9.17) is 0 Å². The molecule has 0 bridgehead atoms. The molecular weight excluding hydrogens is 150 g/mol. The van der Waals surface area contributed by atoms with Crippen molar-refractivity contribution in [3.63, 3.8) is 0 Å². The predicted molar refractivity (Wildman–Crippen MR) is 49.8 cm³/mol. The second kappa shape index (κ2) is 4.85. The van der Waals surface area contributed by atoms with Gasteiger partial charge in [-0.15, -0.1) is 0 Å². The largest absolute Gasteiger partial charge is 0.333 e. The van der Waals surface area contributed by atoms with Crippen LogP contribution in [-0.2, 0) is 13.0 Å². The summed E-state index contributed by atoms with van der Waals surface area (Å²) in [4.78, 5) is 4.06. The van der Waals surface area contributed by atoms with Gasteiger partial charge in [-0.3, -0.25) is 4.98 Å². The Morgan fingerprint density at radius 1 is 1.42 bits per heavy atom. The Labute approximate surface area is 73.0 Å². The van der Waals surface area contributed by atoms with E-state index >= 15 is 0 Å². The molecule has 0 saturated heterocycles. The minimum atomic E-state index is 0.989. The summed E-state index contributed by atoms with van der Waals surface area (Å²) in [6, 6.07) is 2.11. The van der Waals surface area contributed by atoms with Crippen LogP contribution in [0.3, 0.4) is 0 Å². The topological polar surface area (TPSA) is 50.9 Å². The van der Waals surface area contributed by atoms with Crippen LogP contribution >= 0.6 is 0 Å². The summed E-state index contributed by atoms with van der Waals surface area (Å²) >= 11 is 0. The number of hydrogen-bond donors (Lipinski definition) is 2. The Morgan fingerprint density at radius 2 is 2.25 bits per heavy atom. The van der Waals surface area contributed by atoms with Crippen LogP contribution in [-0.4, -0.2) is 18.6 Å². The van der Waals surface area contributed by atoms with Gasteiger partial charge in [0, 0.05) is 18.9 Å². The van der Waals surface area contributed by atoms with Crippen molar-refractivity contribution in [1.82, 2.24) is 10.3 Å². The molecule has 0 atom stereocenters. The summed E-state index contributed by atoms with van der Waals surface area (Å²) in [5, 5.41) is 3.30. The quantitative estimate of drug-likeness (QED) is 0.581. The molecule has 2 heterocycles. The zero-order valence-electron chi connectivity index (χ0n) is 7.38. The van der Waals surface area contributed by atoms with Crippen LogP contribution in [0.5, 0.6) is 0 Å². The van der Waals surface area contributed by atoms with E-state index in [2.05, 4.69) is 22.1 Å². The van der Waals surface area contributed by atoms with Gasteiger partial charge in [-0.25, -0.2) is 0 Å². The molecule has 1 aromatic rings. The zero-order valence-corrected chi connectivity index (χ0v) is 7.38. The van der Waals surface area contributed by atoms with Gasteiger partial charge in [0.15, 0.2) is 0 Å². The third-order valence-corrected chi connectivity index (χ3v) is 1.89. The van der Waals surface area contributed by atoms with E-state index in [1.165, 1.54) is 18.2 Å². The summed E-state index contributed by atoms with van der Waals surface area (Å²) < 4.78 is 0. The molecular formula is C9H15N3. The number of fused-ring (bicyclic) bond motifs is 1. The molecule has 3 N–H and O–H groups in total. The fourth-order valence-corrected chi connectivity index (χ4v) is 1.31. The molecule has 0 radical (unpaired) electrons. The maximum absolute atomic E-state index is 4.50. The normalized spacial score (nSPS) is 14.2. The highest BCUT2D eigenvalue weighted by atomic mass is 14.9. The second-order valence-electron chi connectivity index (χ2n) is 2.57. The van der Waals surface area contributed by atoms with E-state index in [1.807, 2.05) is 12.4 Å². The molecule has 1 aromatic heterocycles. The van der Waals surface area contributed by atoms with Crippen molar-refractivity contribution in [2.75, 3.05) is 13.6 Å². The molecule has 2 rings (SSSR count). The van der Waals surface area contributed by atoms with Crippen molar-refractivity contribution in [3.8, 4) is 0 Å². The van der Waals surface area contributed by atoms with Crippen LogP contribution in [0, 0.1) is 0 Å². The van der Waals surface area contributed by atoms with Crippen molar-refractivity contribution in [3.05, 3.63) is 29.6 Å². The average Bonchev–Trinajstić information content (AvgIpc) is 2.21. The summed E-state index contributed by atoms with van der Waals surface area (Å²) in [5.41, 5.74) is 7.31. The second-order valence-corrected chi connectivity index (χ2v) is 2.57. The predicted octanol–water partition coefficient (Wildman–Crippen LogP) is 0.302. The maximum atomic E-state index is 4.50. The molecule has 0 saturated carbocycles. The summed E-state index contributed by atoms with van der Waals surface area (Å²) in [7, 11) is 1.50. The standard InChI is InChI=1S/C8H10N2.CH5N/c1-3-9-5-8-6-10-4-2-7(1)8;1-2/h1,3,5,10H,2,4,6H2;2H2,1H3. The Kier molecular flexibility index (Phi) is 3.70. The smallest absolute Gasteiger partial charge is 0.0315 e. The molecule has 12 heavy (non-hydrogen) atoms. The third kappa shape index (κ3) is 2.03. The highest BCUT2D eigenvalue weighted by Gasteiger charge is 2.05. The fourth-order valence-electron chi connectivity index (χ4n) is 1.31. The third-order valence-electron chi connectivity index (χ3n) is 1.89. The van der Waals surface area contributed by atoms with Crippen LogP contribution in [0.2, 0.25) is 0 Å². The molecule has 0 aromatic carbocycles. The lowest BCUT2D eigenvalue weighted by Gasteiger charge is -2.15. The Bertz CT molecular complexity index is 210. The molecule has 3 nitrogen and oxygen atoms in total. The van der Waals surface area contributed by atoms with Crippen molar-refractivity contribution < 1.29 is 0 Å². The summed E-state index contributed by atoms with van der Waals surface area (Å²) in [5.74, 6) is 0. The number of aromatic nitrogens is 1. The van der Waals surface area contributed by atoms with Crippen molar-refractivity contribution in [2.24, 2.45) is 5.73 Å². The summed E-state index contributed by atoms with van der Waals surface area (Å²) in [6.07, 6.45) is 4.96. The number of pyridine rings is 1. The van der Waals surface area contributed by atoms with Gasteiger partial charge in [0.2, 0.25) is 0 Å². The van der Waals surface area contributed by atoms with E-state index < -0.39 is 0 Å². The first kappa shape index (κ1) is 9.16. The van der Waals surface area contributed by atoms with Crippen LogP contribution in [0.15, 0.2) is 18.5 Å². The van der Waals surface area contributed by atoms with E-state index in [0.29, 0.717) is 0 Å². The minimum absolute atomic E-state index is 0.989. The van der Waals surface area contributed by atoms with Crippen LogP contribution in [0.4, 0.5) is 0 Å². The number of nitrogens with zero attached hydrogens (tertiary/aromatic N) is 1. The van der Waals surface area contributed by atoms with Gasteiger partial charge in [0.05, 0.1) is 0 Å². The Morgan fingerprint density at radius 3 is 3.00 bits per heavy atom. The first-order valence-corrected chi connectivity index (χ1v) is 4.17. The minimum Gasteiger partial charge on any atom is -0.333 e. The highest BCUT2D eigenvalue weighted by Crippen LogP contribution is 2.10. The lowest BCUT2D eigenvalue weighted by molar-refractivity contribution is 0.641.